The number of ether oxygens (including phenoxy) is 2. The SMILES string of the molecule is C=C(CC(=O)O)C(=O)O.CCC=C(C)C(=O)OC1C[C@H]2CC[C@@]1(C)C2(C)C.CCC=C(C)C(=O)OC1C[C@H]2CC[C@@]1(C)C2(C)C. The number of carboxylic acids is 2. The van der Waals surface area contributed by atoms with Gasteiger partial charge in [-0.05, 0) is 87.9 Å². The minimum Gasteiger partial charge on any atom is -0.481 e. The number of aliphatic carboxylic acids is 2. The lowest BCUT2D eigenvalue weighted by Gasteiger charge is -2.38. The molecule has 0 amide bonds. The Bertz CT molecular complexity index is 1130. The first-order valence-corrected chi connectivity index (χ1v) is 16.6. The van der Waals surface area contributed by atoms with E-state index < -0.39 is 18.4 Å². The molecule has 4 bridgehead atoms. The molecule has 6 atom stereocenters. The van der Waals surface area contributed by atoms with Gasteiger partial charge >= 0.3 is 23.9 Å². The van der Waals surface area contributed by atoms with Crippen molar-refractivity contribution in [1.82, 2.24) is 0 Å². The Labute approximate surface area is 270 Å². The molecule has 4 aliphatic rings. The van der Waals surface area contributed by atoms with Crippen molar-refractivity contribution in [3.63, 3.8) is 0 Å². The van der Waals surface area contributed by atoms with Crippen molar-refractivity contribution in [2.24, 2.45) is 33.5 Å². The van der Waals surface area contributed by atoms with Crippen LogP contribution in [0.15, 0.2) is 35.5 Å². The van der Waals surface area contributed by atoms with E-state index in [-0.39, 0.29) is 40.5 Å². The second kappa shape index (κ2) is 14.7. The molecule has 0 aromatic carbocycles. The Morgan fingerprint density at radius 3 is 1.29 bits per heavy atom. The fourth-order valence-corrected chi connectivity index (χ4v) is 8.10. The van der Waals surface area contributed by atoms with Crippen LogP contribution in [-0.4, -0.2) is 46.3 Å². The summed E-state index contributed by atoms with van der Waals surface area (Å²) in [6.45, 7) is 24.8. The summed E-state index contributed by atoms with van der Waals surface area (Å²) in [5.74, 6) is -1.25. The molecule has 2 unspecified atom stereocenters. The number of hydrogen-bond donors (Lipinski definition) is 2. The molecule has 4 fully saturated rings. The topological polar surface area (TPSA) is 127 Å². The van der Waals surface area contributed by atoms with Crippen molar-refractivity contribution in [2.75, 3.05) is 0 Å². The van der Waals surface area contributed by atoms with Crippen molar-refractivity contribution in [3.8, 4) is 0 Å². The number of esters is 2. The highest BCUT2D eigenvalue weighted by atomic mass is 16.5. The Morgan fingerprint density at radius 2 is 1.09 bits per heavy atom. The average Bonchev–Trinajstić information content (AvgIpc) is 3.46. The maximum Gasteiger partial charge on any atom is 0.333 e. The van der Waals surface area contributed by atoms with Gasteiger partial charge in [0.25, 0.3) is 0 Å². The summed E-state index contributed by atoms with van der Waals surface area (Å²) in [7, 11) is 0. The minimum absolute atomic E-state index is 0.110. The average molecular weight is 631 g/mol. The number of fused-ring (bicyclic) bond motifs is 4. The molecule has 254 valence electrons. The van der Waals surface area contributed by atoms with Gasteiger partial charge in [0, 0.05) is 27.5 Å². The summed E-state index contributed by atoms with van der Waals surface area (Å²) in [5, 5.41) is 16.1. The quantitative estimate of drug-likeness (QED) is 0.192. The van der Waals surface area contributed by atoms with E-state index in [2.05, 4.69) is 48.1 Å². The van der Waals surface area contributed by atoms with Gasteiger partial charge in [0.2, 0.25) is 0 Å². The van der Waals surface area contributed by atoms with E-state index in [9.17, 15) is 19.2 Å². The van der Waals surface area contributed by atoms with Gasteiger partial charge in [-0.25, -0.2) is 14.4 Å². The van der Waals surface area contributed by atoms with Crippen LogP contribution in [0.2, 0.25) is 0 Å². The predicted octanol–water partition coefficient (Wildman–Crippen LogP) is 8.30. The third kappa shape index (κ3) is 7.91. The number of carboxylic acid groups (broad SMARTS) is 2. The summed E-state index contributed by atoms with van der Waals surface area (Å²) in [6, 6.07) is 0. The van der Waals surface area contributed by atoms with Crippen LogP contribution in [0.4, 0.5) is 0 Å². The van der Waals surface area contributed by atoms with Gasteiger partial charge < -0.3 is 19.7 Å². The van der Waals surface area contributed by atoms with Crippen LogP contribution in [0.3, 0.4) is 0 Å². The molecule has 0 aromatic rings. The third-order valence-corrected chi connectivity index (χ3v) is 12.3. The fourth-order valence-electron chi connectivity index (χ4n) is 8.10. The second-order valence-electron chi connectivity index (χ2n) is 15.1. The van der Waals surface area contributed by atoms with E-state index in [0.29, 0.717) is 10.8 Å². The molecule has 0 radical (unpaired) electrons. The van der Waals surface area contributed by atoms with E-state index in [1.807, 2.05) is 39.8 Å². The standard InChI is InChI=1S/2C16H26O2.C5H6O4/c2*1-6-7-11(2)14(17)18-13-10-12-8-9-16(13,5)15(12,3)4;1-3(5(8)9)2-4(6)7/h2*7,12-13H,6,8-10H2,1-5H3;1-2H2,(H,6,7)(H,8,9)/t2*12-,13?,16-;/m11./s1. The molecule has 45 heavy (non-hydrogen) atoms. The van der Waals surface area contributed by atoms with Crippen molar-refractivity contribution in [3.05, 3.63) is 35.5 Å². The first-order valence-electron chi connectivity index (χ1n) is 16.6. The van der Waals surface area contributed by atoms with Crippen LogP contribution in [0.1, 0.15) is 127 Å². The highest BCUT2D eigenvalue weighted by Crippen LogP contribution is 2.67. The largest absolute Gasteiger partial charge is 0.481 e. The van der Waals surface area contributed by atoms with E-state index in [1.54, 1.807) is 0 Å². The zero-order valence-electron chi connectivity index (χ0n) is 29.4. The van der Waals surface area contributed by atoms with Crippen LogP contribution in [-0.2, 0) is 28.7 Å². The molecule has 8 nitrogen and oxygen atoms in total. The molecule has 0 aliphatic heterocycles. The maximum absolute atomic E-state index is 12.0. The number of carbonyl (C=O) groups is 4. The minimum atomic E-state index is -1.27. The van der Waals surface area contributed by atoms with Crippen LogP contribution < -0.4 is 0 Å². The molecule has 2 N–H and O–H groups in total. The normalized spacial score (nSPS) is 32.0. The Balaban J connectivity index is 0.000000250. The summed E-state index contributed by atoms with van der Waals surface area (Å²) in [6.07, 6.45) is 12.5. The lowest BCUT2D eigenvalue weighted by atomic mass is 9.70. The summed E-state index contributed by atoms with van der Waals surface area (Å²) < 4.78 is 11.6. The summed E-state index contributed by atoms with van der Waals surface area (Å²) in [4.78, 5) is 43.7. The van der Waals surface area contributed by atoms with Crippen molar-refractivity contribution >= 4 is 23.9 Å². The van der Waals surface area contributed by atoms with Crippen LogP contribution in [0.5, 0.6) is 0 Å². The van der Waals surface area contributed by atoms with Gasteiger partial charge in [0.1, 0.15) is 12.2 Å². The van der Waals surface area contributed by atoms with E-state index >= 15 is 0 Å². The highest BCUT2D eigenvalue weighted by molar-refractivity contribution is 5.91. The first-order chi connectivity index (χ1) is 20.7. The summed E-state index contributed by atoms with van der Waals surface area (Å²) in [5.41, 5.74) is 2.14. The van der Waals surface area contributed by atoms with Crippen LogP contribution in [0, 0.1) is 33.5 Å². The molecule has 0 spiro atoms. The molecular weight excluding hydrogens is 572 g/mol. The van der Waals surface area contributed by atoms with Gasteiger partial charge in [-0.2, -0.15) is 0 Å². The Morgan fingerprint density at radius 1 is 0.733 bits per heavy atom. The predicted molar refractivity (Wildman–Crippen MR) is 175 cm³/mol. The molecule has 0 heterocycles. The van der Waals surface area contributed by atoms with Crippen LogP contribution in [0.25, 0.3) is 0 Å². The number of rotatable bonds is 9. The van der Waals surface area contributed by atoms with Crippen LogP contribution >= 0.6 is 0 Å². The van der Waals surface area contributed by atoms with Crippen molar-refractivity contribution in [2.45, 2.75) is 139 Å². The molecule has 4 saturated carbocycles. The Kier molecular flexibility index (Phi) is 12.5. The van der Waals surface area contributed by atoms with Crippen molar-refractivity contribution in [1.29, 1.82) is 0 Å². The highest BCUT2D eigenvalue weighted by Gasteiger charge is 2.63. The van der Waals surface area contributed by atoms with E-state index in [0.717, 1.165) is 48.7 Å². The molecule has 0 aromatic heterocycles. The van der Waals surface area contributed by atoms with Gasteiger partial charge in [0.05, 0.1) is 6.42 Å². The molecule has 8 heteroatoms. The van der Waals surface area contributed by atoms with Gasteiger partial charge in [-0.3, -0.25) is 4.79 Å². The number of carbonyl (C=O) groups excluding carboxylic acids is 2. The monoisotopic (exact) mass is 630 g/mol. The summed E-state index contributed by atoms with van der Waals surface area (Å²) >= 11 is 0. The lowest BCUT2D eigenvalue weighted by molar-refractivity contribution is -0.152. The molecule has 4 rings (SSSR count). The zero-order chi connectivity index (χ0) is 34.5. The third-order valence-electron chi connectivity index (χ3n) is 12.3. The van der Waals surface area contributed by atoms with E-state index in [4.69, 9.17) is 19.7 Å². The maximum atomic E-state index is 12.0. The van der Waals surface area contributed by atoms with E-state index in [1.165, 1.54) is 25.7 Å². The molecule has 0 saturated heterocycles. The number of allylic oxidation sites excluding steroid dienone is 2. The van der Waals surface area contributed by atoms with Gasteiger partial charge in [-0.15, -0.1) is 0 Å². The van der Waals surface area contributed by atoms with Crippen molar-refractivity contribution < 1.29 is 38.9 Å². The fraction of sp³-hybridized carbons (Fsp3) is 0.730. The zero-order valence-corrected chi connectivity index (χ0v) is 29.4. The second-order valence-corrected chi connectivity index (χ2v) is 15.1. The lowest BCUT2D eigenvalue weighted by Crippen LogP contribution is -2.38. The van der Waals surface area contributed by atoms with Gasteiger partial charge in [-0.1, -0.05) is 74.1 Å². The molecule has 4 aliphatic carbocycles. The molecular formula is C37H58O8. The van der Waals surface area contributed by atoms with Gasteiger partial charge in [0.15, 0.2) is 0 Å². The Hall–Kier alpha value is -2.90. The smallest absolute Gasteiger partial charge is 0.333 e. The number of hydrogen-bond acceptors (Lipinski definition) is 6. The first kappa shape index (κ1) is 38.3.